The lowest BCUT2D eigenvalue weighted by Gasteiger charge is -2.34. The van der Waals surface area contributed by atoms with Crippen LogP contribution in [0.1, 0.15) is 16.2 Å². The Bertz CT molecular complexity index is 951. The third kappa shape index (κ3) is 3.08. The van der Waals surface area contributed by atoms with Gasteiger partial charge in [-0.3, -0.25) is 9.59 Å². The smallest absolute Gasteiger partial charge is 0.292 e. The molecule has 26 heavy (non-hydrogen) atoms. The fourth-order valence-corrected chi connectivity index (χ4v) is 3.30. The number of fused-ring (bicyclic) bond motifs is 1. The van der Waals surface area contributed by atoms with Crippen molar-refractivity contribution in [3.63, 3.8) is 0 Å². The second-order valence-electron chi connectivity index (χ2n) is 6.51. The van der Waals surface area contributed by atoms with Gasteiger partial charge in [0.2, 0.25) is 11.7 Å². The number of aryl methyl sites for hydroxylation is 1. The average Bonchev–Trinajstić information content (AvgIpc) is 3.28. The minimum Gasteiger partial charge on any atom is -0.351 e. The summed E-state index contributed by atoms with van der Waals surface area (Å²) in [5.41, 5.74) is 1.73. The number of carbonyl (C=O) groups excluding carboxylic acids is 2. The van der Waals surface area contributed by atoms with Gasteiger partial charge in [-0.25, -0.2) is 0 Å². The van der Waals surface area contributed by atoms with Crippen LogP contribution < -0.4 is 0 Å². The molecule has 134 valence electrons. The summed E-state index contributed by atoms with van der Waals surface area (Å²) in [5, 5.41) is 4.88. The number of amides is 2. The first-order chi connectivity index (χ1) is 12.6. The minimum absolute atomic E-state index is 0.0639. The lowest BCUT2D eigenvalue weighted by atomic mass is 10.2. The van der Waals surface area contributed by atoms with Crippen molar-refractivity contribution in [3.05, 3.63) is 54.0 Å². The van der Waals surface area contributed by atoms with E-state index in [9.17, 15) is 9.59 Å². The van der Waals surface area contributed by atoms with Crippen LogP contribution in [0.3, 0.4) is 0 Å². The minimum atomic E-state index is -0.172. The lowest BCUT2D eigenvalue weighted by Crippen LogP contribution is -2.51. The van der Waals surface area contributed by atoms with Gasteiger partial charge >= 0.3 is 0 Å². The maximum Gasteiger partial charge on any atom is 0.292 e. The molecule has 0 bridgehead atoms. The molecule has 1 aliphatic rings. The standard InChI is InChI=1S/C19H20N4O3/c1-14-12-17(26-20-14)19(25)22-10-8-21(9-11-22)18(24)13-23-7-6-15-4-2-3-5-16(15)23/h2-7,12H,8-11,13H2,1H3. The van der Waals surface area contributed by atoms with Gasteiger partial charge in [-0.2, -0.15) is 0 Å². The Hall–Kier alpha value is -3.09. The van der Waals surface area contributed by atoms with Gasteiger partial charge in [0.15, 0.2) is 0 Å². The van der Waals surface area contributed by atoms with Gasteiger partial charge in [-0.15, -0.1) is 0 Å². The van der Waals surface area contributed by atoms with Crippen LogP contribution in [0.15, 0.2) is 47.1 Å². The van der Waals surface area contributed by atoms with E-state index in [1.807, 2.05) is 46.0 Å². The van der Waals surface area contributed by atoms with Crippen molar-refractivity contribution >= 4 is 22.7 Å². The van der Waals surface area contributed by atoms with Gasteiger partial charge in [-0.1, -0.05) is 23.4 Å². The Morgan fingerprint density at radius 3 is 2.54 bits per heavy atom. The fourth-order valence-electron chi connectivity index (χ4n) is 3.30. The topological polar surface area (TPSA) is 71.6 Å². The van der Waals surface area contributed by atoms with Crippen LogP contribution in [0.5, 0.6) is 0 Å². The van der Waals surface area contributed by atoms with Crippen molar-refractivity contribution in [1.82, 2.24) is 19.5 Å². The first-order valence-electron chi connectivity index (χ1n) is 8.66. The number of piperazine rings is 1. The number of aromatic nitrogens is 2. The van der Waals surface area contributed by atoms with E-state index in [4.69, 9.17) is 4.52 Å². The first-order valence-corrected chi connectivity index (χ1v) is 8.66. The highest BCUT2D eigenvalue weighted by Gasteiger charge is 2.26. The van der Waals surface area contributed by atoms with E-state index >= 15 is 0 Å². The molecular weight excluding hydrogens is 332 g/mol. The highest BCUT2D eigenvalue weighted by molar-refractivity contribution is 5.91. The molecule has 1 fully saturated rings. The SMILES string of the molecule is Cc1cc(C(=O)N2CCN(C(=O)Cn3ccc4ccccc43)CC2)on1. The van der Waals surface area contributed by atoms with Crippen LogP contribution in [0, 0.1) is 6.92 Å². The molecule has 0 N–H and O–H groups in total. The fraction of sp³-hybridized carbons (Fsp3) is 0.316. The van der Waals surface area contributed by atoms with E-state index < -0.39 is 0 Å². The zero-order valence-electron chi connectivity index (χ0n) is 14.6. The zero-order chi connectivity index (χ0) is 18.1. The molecule has 7 nitrogen and oxygen atoms in total. The lowest BCUT2D eigenvalue weighted by molar-refractivity contribution is -0.133. The summed E-state index contributed by atoms with van der Waals surface area (Å²) in [4.78, 5) is 28.5. The molecule has 2 amide bonds. The molecule has 2 aromatic heterocycles. The molecule has 3 aromatic rings. The number of benzene rings is 1. The van der Waals surface area contributed by atoms with Gasteiger partial charge in [0.05, 0.1) is 5.69 Å². The first kappa shape index (κ1) is 16.4. The molecular formula is C19H20N4O3. The van der Waals surface area contributed by atoms with Crippen LogP contribution in [0.25, 0.3) is 10.9 Å². The molecule has 0 aliphatic carbocycles. The van der Waals surface area contributed by atoms with Crippen LogP contribution in [-0.2, 0) is 11.3 Å². The summed E-state index contributed by atoms with van der Waals surface area (Å²) in [6, 6.07) is 11.7. The van der Waals surface area contributed by atoms with Gasteiger partial charge < -0.3 is 18.9 Å². The van der Waals surface area contributed by atoms with Crippen molar-refractivity contribution in [3.8, 4) is 0 Å². The quantitative estimate of drug-likeness (QED) is 0.722. The zero-order valence-corrected chi connectivity index (χ0v) is 14.6. The summed E-state index contributed by atoms with van der Waals surface area (Å²) in [6.07, 6.45) is 1.94. The maximum atomic E-state index is 12.6. The molecule has 0 saturated carbocycles. The predicted octanol–water partition coefficient (Wildman–Crippen LogP) is 1.92. The number of carbonyl (C=O) groups is 2. The van der Waals surface area contributed by atoms with E-state index in [-0.39, 0.29) is 17.6 Å². The van der Waals surface area contributed by atoms with Crippen LogP contribution >= 0.6 is 0 Å². The molecule has 1 aliphatic heterocycles. The molecule has 4 rings (SSSR count). The Balaban J connectivity index is 1.37. The van der Waals surface area contributed by atoms with E-state index in [0.717, 1.165) is 10.9 Å². The van der Waals surface area contributed by atoms with Crippen LogP contribution in [0.4, 0.5) is 0 Å². The number of rotatable bonds is 3. The van der Waals surface area contributed by atoms with Gasteiger partial charge in [0.25, 0.3) is 5.91 Å². The van der Waals surface area contributed by atoms with Crippen LogP contribution in [0.2, 0.25) is 0 Å². The molecule has 7 heteroatoms. The number of hydrogen-bond donors (Lipinski definition) is 0. The maximum absolute atomic E-state index is 12.6. The van der Waals surface area contributed by atoms with Gasteiger partial charge in [-0.05, 0) is 24.4 Å². The summed E-state index contributed by atoms with van der Waals surface area (Å²) < 4.78 is 7.00. The molecule has 1 aromatic carbocycles. The monoisotopic (exact) mass is 352 g/mol. The van der Waals surface area contributed by atoms with Gasteiger partial charge in [0.1, 0.15) is 6.54 Å². The molecule has 1 saturated heterocycles. The largest absolute Gasteiger partial charge is 0.351 e. The second kappa shape index (κ2) is 6.67. The highest BCUT2D eigenvalue weighted by atomic mass is 16.5. The third-order valence-electron chi connectivity index (χ3n) is 4.74. The van der Waals surface area contributed by atoms with E-state index in [1.54, 1.807) is 17.9 Å². The van der Waals surface area contributed by atoms with Crippen molar-refractivity contribution in [2.24, 2.45) is 0 Å². The van der Waals surface area contributed by atoms with E-state index in [2.05, 4.69) is 5.16 Å². The summed E-state index contributed by atoms with van der Waals surface area (Å²) in [6.45, 7) is 4.13. The van der Waals surface area contributed by atoms with Crippen molar-refractivity contribution < 1.29 is 14.1 Å². The summed E-state index contributed by atoms with van der Waals surface area (Å²) >= 11 is 0. The highest BCUT2D eigenvalue weighted by Crippen LogP contribution is 2.16. The molecule has 0 spiro atoms. The molecule has 0 unspecified atom stereocenters. The Morgan fingerprint density at radius 1 is 1.08 bits per heavy atom. The average molecular weight is 352 g/mol. The molecule has 0 atom stereocenters. The summed E-state index contributed by atoms with van der Waals surface area (Å²) in [7, 11) is 0. The molecule has 0 radical (unpaired) electrons. The van der Waals surface area contributed by atoms with Crippen molar-refractivity contribution in [1.29, 1.82) is 0 Å². The normalized spacial score (nSPS) is 14.8. The molecule has 3 heterocycles. The Kier molecular flexibility index (Phi) is 4.20. The van der Waals surface area contributed by atoms with E-state index in [1.165, 1.54) is 0 Å². The van der Waals surface area contributed by atoms with Crippen molar-refractivity contribution in [2.45, 2.75) is 13.5 Å². The second-order valence-corrected chi connectivity index (χ2v) is 6.51. The van der Waals surface area contributed by atoms with Crippen LogP contribution in [-0.4, -0.2) is 57.5 Å². The Labute approximate surface area is 150 Å². The van der Waals surface area contributed by atoms with Gasteiger partial charge in [0, 0.05) is 44.0 Å². The number of nitrogens with zero attached hydrogens (tertiary/aromatic N) is 4. The predicted molar refractivity (Wildman–Crippen MR) is 95.7 cm³/mol. The van der Waals surface area contributed by atoms with E-state index in [0.29, 0.717) is 38.4 Å². The Morgan fingerprint density at radius 2 is 1.81 bits per heavy atom. The van der Waals surface area contributed by atoms with Crippen molar-refractivity contribution in [2.75, 3.05) is 26.2 Å². The number of para-hydroxylation sites is 1. The third-order valence-corrected chi connectivity index (χ3v) is 4.74. The number of hydrogen-bond acceptors (Lipinski definition) is 4. The summed E-state index contributed by atoms with van der Waals surface area (Å²) in [5.74, 6) is 0.143.